The highest BCUT2D eigenvalue weighted by Gasteiger charge is 2.23. The van der Waals surface area contributed by atoms with Crippen LogP contribution in [0.1, 0.15) is 5.56 Å². The molecule has 0 saturated heterocycles. The molecule has 0 saturated carbocycles. The molecule has 10 aromatic rings. The molecule has 5 nitrogen and oxygen atoms in total. The largest absolute Gasteiger partial charge is 0.455 e. The number of hydrogen-bond donors (Lipinski definition) is 1. The topological polar surface area (TPSA) is 72.8 Å². The van der Waals surface area contributed by atoms with Crippen LogP contribution < -0.4 is 5.73 Å². The van der Waals surface area contributed by atoms with Crippen molar-refractivity contribution in [2.45, 2.75) is 0 Å². The number of nitriles is 1. The summed E-state index contributed by atoms with van der Waals surface area (Å²) in [5.74, 6) is 0. The standard InChI is InChI=1S/C43H26N4O/c44-25-26-10-8-15-30(41(26)47-36-18-6-4-13-29(36)35-24-27(45)20-22-38(35)47)31-16-9-17-32-33-21-23-39-40(43(33)48-42(31)32)34-14-5-7-19-37(34)46(39)28-11-2-1-3-12-28/h1-24H,45H2. The van der Waals surface area contributed by atoms with Crippen molar-refractivity contribution < 1.29 is 4.42 Å². The molecular weight excluding hydrogens is 589 g/mol. The molecule has 0 unspecified atom stereocenters. The summed E-state index contributed by atoms with van der Waals surface area (Å²) in [6.45, 7) is 0. The highest BCUT2D eigenvalue weighted by Crippen LogP contribution is 2.45. The Morgan fingerprint density at radius 2 is 1.15 bits per heavy atom. The summed E-state index contributed by atoms with van der Waals surface area (Å²) in [6.07, 6.45) is 0. The van der Waals surface area contributed by atoms with E-state index < -0.39 is 0 Å². The average Bonchev–Trinajstić information content (AvgIpc) is 3.79. The second kappa shape index (κ2) is 9.86. The van der Waals surface area contributed by atoms with E-state index in [-0.39, 0.29) is 0 Å². The third-order valence-corrected chi connectivity index (χ3v) is 9.68. The second-order valence-corrected chi connectivity index (χ2v) is 12.3. The normalized spacial score (nSPS) is 11.8. The molecule has 3 heterocycles. The Balaban J connectivity index is 1.31. The van der Waals surface area contributed by atoms with Gasteiger partial charge in [-0.2, -0.15) is 5.26 Å². The number of hydrogen-bond acceptors (Lipinski definition) is 3. The summed E-state index contributed by atoms with van der Waals surface area (Å²) >= 11 is 0. The number of nitrogens with two attached hydrogens (primary N) is 1. The fourth-order valence-electron chi connectivity index (χ4n) is 7.70. The lowest BCUT2D eigenvalue weighted by molar-refractivity contribution is 0.674. The maximum Gasteiger partial charge on any atom is 0.145 e. The van der Waals surface area contributed by atoms with Gasteiger partial charge in [-0.05, 0) is 60.7 Å². The van der Waals surface area contributed by atoms with Crippen LogP contribution in [0.3, 0.4) is 0 Å². The van der Waals surface area contributed by atoms with Gasteiger partial charge in [-0.25, -0.2) is 0 Å². The molecule has 5 heteroatoms. The molecule has 224 valence electrons. The lowest BCUT2D eigenvalue weighted by atomic mass is 9.97. The fourth-order valence-corrected chi connectivity index (χ4v) is 7.70. The molecule has 0 atom stereocenters. The van der Waals surface area contributed by atoms with E-state index in [1.54, 1.807) is 0 Å². The van der Waals surface area contributed by atoms with E-state index in [1.807, 2.05) is 48.5 Å². The van der Waals surface area contributed by atoms with Crippen LogP contribution in [0.5, 0.6) is 0 Å². The van der Waals surface area contributed by atoms with E-state index in [2.05, 4.69) is 112 Å². The Kier molecular flexibility index (Phi) is 5.43. The summed E-state index contributed by atoms with van der Waals surface area (Å²) < 4.78 is 11.5. The van der Waals surface area contributed by atoms with Gasteiger partial charge in [0, 0.05) is 49.4 Å². The first-order chi connectivity index (χ1) is 23.7. The first-order valence-corrected chi connectivity index (χ1v) is 16.0. The molecule has 0 spiro atoms. The predicted octanol–water partition coefficient (Wildman–Crippen LogP) is 10.9. The Morgan fingerprint density at radius 3 is 1.98 bits per heavy atom. The first kappa shape index (κ1) is 26.4. The maximum atomic E-state index is 10.5. The van der Waals surface area contributed by atoms with Crippen LogP contribution in [-0.2, 0) is 0 Å². The van der Waals surface area contributed by atoms with E-state index >= 15 is 0 Å². The summed E-state index contributed by atoms with van der Waals surface area (Å²) in [7, 11) is 0. The van der Waals surface area contributed by atoms with E-state index in [1.165, 1.54) is 0 Å². The maximum absolute atomic E-state index is 10.5. The van der Waals surface area contributed by atoms with E-state index in [0.29, 0.717) is 11.3 Å². The summed E-state index contributed by atoms with van der Waals surface area (Å²) in [4.78, 5) is 0. The SMILES string of the molecule is N#Cc1cccc(-c2cccc3c2oc2c3ccc3c2c2ccccc2n3-c2ccccc2)c1-n1c2ccccc2c2cc(N)ccc21. The van der Waals surface area contributed by atoms with Crippen LogP contribution in [-0.4, -0.2) is 9.13 Å². The lowest BCUT2D eigenvalue weighted by Crippen LogP contribution is -2.01. The zero-order valence-corrected chi connectivity index (χ0v) is 25.7. The van der Waals surface area contributed by atoms with Crippen LogP contribution in [0.25, 0.3) is 88.1 Å². The monoisotopic (exact) mass is 614 g/mol. The molecule has 7 aromatic carbocycles. The number of furan rings is 1. The Hall–Kier alpha value is -6.77. The molecule has 0 aliphatic heterocycles. The minimum atomic E-state index is 0.577. The molecule has 0 amide bonds. The van der Waals surface area contributed by atoms with Crippen molar-refractivity contribution in [1.29, 1.82) is 5.26 Å². The van der Waals surface area contributed by atoms with Crippen molar-refractivity contribution in [3.8, 4) is 28.6 Å². The van der Waals surface area contributed by atoms with Crippen LogP contribution in [0, 0.1) is 11.3 Å². The number of fused-ring (bicyclic) bond motifs is 10. The number of para-hydroxylation sites is 5. The Bertz CT molecular complexity index is 2970. The second-order valence-electron chi connectivity index (χ2n) is 12.3. The molecule has 10 rings (SSSR count). The van der Waals surface area contributed by atoms with Gasteiger partial charge in [0.2, 0.25) is 0 Å². The van der Waals surface area contributed by atoms with Crippen molar-refractivity contribution in [2.24, 2.45) is 0 Å². The van der Waals surface area contributed by atoms with Gasteiger partial charge >= 0.3 is 0 Å². The number of benzene rings is 7. The van der Waals surface area contributed by atoms with Gasteiger partial charge in [-0.1, -0.05) is 84.9 Å². The number of nitrogen functional groups attached to an aromatic ring is 1. The molecule has 48 heavy (non-hydrogen) atoms. The van der Waals surface area contributed by atoms with Gasteiger partial charge in [-0.15, -0.1) is 0 Å². The summed E-state index contributed by atoms with van der Waals surface area (Å²) in [6, 6.07) is 52.4. The molecule has 0 aliphatic carbocycles. The van der Waals surface area contributed by atoms with Gasteiger partial charge in [0.25, 0.3) is 0 Å². The first-order valence-electron chi connectivity index (χ1n) is 16.0. The number of aromatic nitrogens is 2. The van der Waals surface area contributed by atoms with Crippen LogP contribution in [0.2, 0.25) is 0 Å². The van der Waals surface area contributed by atoms with Gasteiger partial charge in [0.1, 0.15) is 17.2 Å². The van der Waals surface area contributed by atoms with Crippen LogP contribution in [0.15, 0.2) is 150 Å². The van der Waals surface area contributed by atoms with Crippen molar-refractivity contribution in [3.05, 3.63) is 151 Å². The smallest absolute Gasteiger partial charge is 0.145 e. The van der Waals surface area contributed by atoms with Crippen LogP contribution in [0.4, 0.5) is 5.69 Å². The van der Waals surface area contributed by atoms with Gasteiger partial charge < -0.3 is 19.3 Å². The van der Waals surface area contributed by atoms with Crippen molar-refractivity contribution >= 4 is 71.2 Å². The molecule has 0 radical (unpaired) electrons. The van der Waals surface area contributed by atoms with Crippen molar-refractivity contribution in [3.63, 3.8) is 0 Å². The molecule has 0 bridgehead atoms. The van der Waals surface area contributed by atoms with E-state index in [9.17, 15) is 5.26 Å². The van der Waals surface area contributed by atoms with Gasteiger partial charge in [0.15, 0.2) is 0 Å². The number of anilines is 1. The third-order valence-electron chi connectivity index (χ3n) is 9.68. The molecule has 0 aliphatic rings. The quantitative estimate of drug-likeness (QED) is 0.201. The minimum Gasteiger partial charge on any atom is -0.455 e. The number of rotatable bonds is 3. The zero-order valence-electron chi connectivity index (χ0n) is 25.7. The molecule has 3 aromatic heterocycles. The third kappa shape index (κ3) is 3.54. The average molecular weight is 615 g/mol. The molecule has 2 N–H and O–H groups in total. The van der Waals surface area contributed by atoms with Gasteiger partial charge in [0.05, 0.1) is 38.7 Å². The molecule has 0 fully saturated rings. The summed E-state index contributed by atoms with van der Waals surface area (Å²) in [5.41, 5.74) is 17.2. The van der Waals surface area contributed by atoms with Crippen LogP contribution >= 0.6 is 0 Å². The summed E-state index contributed by atoms with van der Waals surface area (Å²) in [5, 5.41) is 16.9. The van der Waals surface area contributed by atoms with Crippen molar-refractivity contribution in [1.82, 2.24) is 9.13 Å². The lowest BCUT2D eigenvalue weighted by Gasteiger charge is -2.16. The zero-order chi connectivity index (χ0) is 31.9. The minimum absolute atomic E-state index is 0.577. The van der Waals surface area contributed by atoms with E-state index in [0.717, 1.165) is 88.1 Å². The molecular formula is C43H26N4O. The van der Waals surface area contributed by atoms with E-state index in [4.69, 9.17) is 10.2 Å². The Morgan fingerprint density at radius 1 is 0.500 bits per heavy atom. The van der Waals surface area contributed by atoms with Crippen molar-refractivity contribution in [2.75, 3.05) is 5.73 Å². The Labute approximate surface area is 274 Å². The van der Waals surface area contributed by atoms with Gasteiger partial charge in [-0.3, -0.25) is 0 Å². The highest BCUT2D eigenvalue weighted by molar-refractivity contribution is 6.25. The number of nitrogens with zero attached hydrogens (tertiary/aromatic N) is 3. The fraction of sp³-hybridized carbons (Fsp3) is 0. The predicted molar refractivity (Wildman–Crippen MR) is 197 cm³/mol. The highest BCUT2D eigenvalue weighted by atomic mass is 16.3.